The molecule has 0 saturated heterocycles. The molecule has 0 atom stereocenters. The zero-order chi connectivity index (χ0) is 19.8. The minimum atomic E-state index is -0.141. The minimum absolute atomic E-state index is 0.141. The van der Waals surface area contributed by atoms with Crippen molar-refractivity contribution in [2.75, 3.05) is 5.32 Å². The second-order valence-corrected chi connectivity index (χ2v) is 8.05. The molecule has 144 valence electrons. The number of hydrogen-bond donors (Lipinski definition) is 1. The van der Waals surface area contributed by atoms with Crippen molar-refractivity contribution in [2.45, 2.75) is 33.9 Å². The molecule has 7 heteroatoms. The lowest BCUT2D eigenvalue weighted by atomic mass is 10.2. The Balaban J connectivity index is 1.73. The van der Waals surface area contributed by atoms with Crippen molar-refractivity contribution in [1.29, 1.82) is 0 Å². The van der Waals surface area contributed by atoms with E-state index in [1.165, 1.54) is 0 Å². The molecule has 3 aromatic heterocycles. The number of nitrogens with zero attached hydrogens (tertiary/aromatic N) is 3. The lowest BCUT2D eigenvalue weighted by Crippen LogP contribution is -2.18. The monoisotopic (exact) mass is 412 g/mol. The molecule has 0 fully saturated rings. The van der Waals surface area contributed by atoms with Crippen LogP contribution in [0.1, 0.15) is 34.4 Å². The van der Waals surface area contributed by atoms with Gasteiger partial charge in [-0.1, -0.05) is 29.8 Å². The van der Waals surface area contributed by atoms with Gasteiger partial charge in [-0.05, 0) is 49.9 Å². The van der Waals surface area contributed by atoms with E-state index >= 15 is 0 Å². The third-order valence-electron chi connectivity index (χ3n) is 4.96. The van der Waals surface area contributed by atoms with Crippen molar-refractivity contribution >= 4 is 44.7 Å². The van der Waals surface area contributed by atoms with E-state index in [-0.39, 0.29) is 5.91 Å². The number of rotatable bonds is 5. The first-order valence-corrected chi connectivity index (χ1v) is 10.4. The predicted molar refractivity (Wildman–Crippen MR) is 116 cm³/mol. The van der Waals surface area contributed by atoms with Gasteiger partial charge in [0.25, 0.3) is 5.91 Å². The largest absolute Gasteiger partial charge is 0.331 e. The standard InChI is InChI=1S/C21H21ClN4OS/c1-4-26-14(3)20(13(2)24-26)23-21(27)18-11-19-17(9-10-28-19)25(18)12-15-7-5-6-8-16(15)22/h5-11H,4,12H2,1-3H3,(H,23,27). The van der Waals surface area contributed by atoms with E-state index in [1.807, 2.05) is 71.8 Å². The summed E-state index contributed by atoms with van der Waals surface area (Å²) in [5.41, 5.74) is 5.18. The Morgan fingerprint density at radius 2 is 2.04 bits per heavy atom. The van der Waals surface area contributed by atoms with Gasteiger partial charge >= 0.3 is 0 Å². The van der Waals surface area contributed by atoms with Crippen LogP contribution >= 0.6 is 22.9 Å². The molecule has 1 amide bonds. The Morgan fingerprint density at radius 3 is 2.75 bits per heavy atom. The number of carbonyl (C=O) groups is 1. The van der Waals surface area contributed by atoms with Crippen LogP contribution < -0.4 is 5.32 Å². The molecule has 0 bridgehead atoms. The Morgan fingerprint density at radius 1 is 1.25 bits per heavy atom. The van der Waals surface area contributed by atoms with Gasteiger partial charge in [-0.25, -0.2) is 0 Å². The molecule has 1 aromatic carbocycles. The summed E-state index contributed by atoms with van der Waals surface area (Å²) in [5.74, 6) is -0.141. The highest BCUT2D eigenvalue weighted by Gasteiger charge is 2.20. The topological polar surface area (TPSA) is 51.9 Å². The second kappa shape index (κ2) is 7.45. The first kappa shape index (κ1) is 18.8. The van der Waals surface area contributed by atoms with Gasteiger partial charge in [-0.3, -0.25) is 9.48 Å². The maximum Gasteiger partial charge on any atom is 0.272 e. The summed E-state index contributed by atoms with van der Waals surface area (Å²) >= 11 is 7.99. The number of benzene rings is 1. The number of fused-ring (bicyclic) bond motifs is 1. The van der Waals surface area contributed by atoms with E-state index in [0.29, 0.717) is 17.3 Å². The summed E-state index contributed by atoms with van der Waals surface area (Å²) in [6.07, 6.45) is 0. The first-order chi connectivity index (χ1) is 13.5. The van der Waals surface area contributed by atoms with Gasteiger partial charge in [0.2, 0.25) is 0 Å². The van der Waals surface area contributed by atoms with Crippen LogP contribution in [0.25, 0.3) is 10.2 Å². The number of hydrogen-bond acceptors (Lipinski definition) is 3. The summed E-state index contributed by atoms with van der Waals surface area (Å²) in [6.45, 7) is 7.22. The molecule has 4 aromatic rings. The third-order valence-corrected chi connectivity index (χ3v) is 6.18. The van der Waals surface area contributed by atoms with Gasteiger partial charge in [0, 0.05) is 18.1 Å². The maximum absolute atomic E-state index is 13.2. The highest BCUT2D eigenvalue weighted by atomic mass is 35.5. The summed E-state index contributed by atoms with van der Waals surface area (Å²) in [6, 6.07) is 11.7. The molecule has 0 aliphatic rings. The number of carbonyl (C=O) groups excluding carboxylic acids is 1. The molecule has 0 spiro atoms. The van der Waals surface area contributed by atoms with Crippen LogP contribution in [-0.2, 0) is 13.1 Å². The molecule has 4 rings (SSSR count). The zero-order valence-electron chi connectivity index (χ0n) is 16.0. The number of aromatic nitrogens is 3. The van der Waals surface area contributed by atoms with Gasteiger partial charge in [0.15, 0.2) is 0 Å². The Kier molecular flexibility index (Phi) is 5.00. The lowest BCUT2D eigenvalue weighted by molar-refractivity contribution is 0.101. The molecule has 3 heterocycles. The zero-order valence-corrected chi connectivity index (χ0v) is 17.6. The summed E-state index contributed by atoms with van der Waals surface area (Å²) in [7, 11) is 0. The van der Waals surface area contributed by atoms with Crippen LogP contribution in [-0.4, -0.2) is 20.3 Å². The van der Waals surface area contributed by atoms with Crippen LogP contribution in [0.3, 0.4) is 0 Å². The Bertz CT molecular complexity index is 1170. The number of anilines is 1. The average Bonchev–Trinajstić information content (AvgIpc) is 3.34. The maximum atomic E-state index is 13.2. The van der Waals surface area contributed by atoms with Crippen molar-refractivity contribution in [3.05, 3.63) is 69.4 Å². The molecule has 0 radical (unpaired) electrons. The second-order valence-electron chi connectivity index (χ2n) is 6.69. The fourth-order valence-electron chi connectivity index (χ4n) is 3.50. The molecular weight excluding hydrogens is 392 g/mol. The minimum Gasteiger partial charge on any atom is -0.331 e. The average molecular weight is 413 g/mol. The molecule has 28 heavy (non-hydrogen) atoms. The number of nitrogens with one attached hydrogen (secondary N) is 1. The number of amides is 1. The third kappa shape index (κ3) is 3.23. The summed E-state index contributed by atoms with van der Waals surface area (Å²) < 4.78 is 5.00. The van der Waals surface area contributed by atoms with E-state index < -0.39 is 0 Å². The van der Waals surface area contributed by atoms with Gasteiger partial charge < -0.3 is 9.88 Å². The van der Waals surface area contributed by atoms with Gasteiger partial charge in [0.05, 0.1) is 27.3 Å². The summed E-state index contributed by atoms with van der Waals surface area (Å²) in [5, 5.41) is 10.3. The highest BCUT2D eigenvalue weighted by molar-refractivity contribution is 7.17. The smallest absolute Gasteiger partial charge is 0.272 e. The van der Waals surface area contributed by atoms with Crippen LogP contribution in [0.5, 0.6) is 0 Å². The molecular formula is C21H21ClN4OS. The van der Waals surface area contributed by atoms with Crippen molar-refractivity contribution in [1.82, 2.24) is 14.3 Å². The van der Waals surface area contributed by atoms with Crippen molar-refractivity contribution in [3.8, 4) is 0 Å². The normalized spacial score (nSPS) is 11.3. The van der Waals surface area contributed by atoms with Crippen molar-refractivity contribution < 1.29 is 4.79 Å². The van der Waals surface area contributed by atoms with Gasteiger partial charge in [-0.15, -0.1) is 11.3 Å². The van der Waals surface area contributed by atoms with E-state index in [0.717, 1.165) is 39.4 Å². The number of thiophene rings is 1. The lowest BCUT2D eigenvalue weighted by Gasteiger charge is -2.12. The SMILES string of the molecule is CCn1nc(C)c(NC(=O)c2cc3sccc3n2Cc2ccccc2Cl)c1C. The Labute approximate surface area is 172 Å². The molecule has 5 nitrogen and oxygen atoms in total. The van der Waals surface area contributed by atoms with E-state index in [1.54, 1.807) is 11.3 Å². The molecule has 1 N–H and O–H groups in total. The van der Waals surface area contributed by atoms with Gasteiger partial charge in [-0.2, -0.15) is 5.10 Å². The molecule has 0 saturated carbocycles. The van der Waals surface area contributed by atoms with E-state index in [4.69, 9.17) is 11.6 Å². The highest BCUT2D eigenvalue weighted by Crippen LogP contribution is 2.29. The van der Waals surface area contributed by atoms with Crippen molar-refractivity contribution in [3.63, 3.8) is 0 Å². The van der Waals surface area contributed by atoms with Crippen LogP contribution in [0.15, 0.2) is 41.8 Å². The van der Waals surface area contributed by atoms with E-state index in [9.17, 15) is 4.79 Å². The number of aryl methyl sites for hydroxylation is 2. The van der Waals surface area contributed by atoms with Gasteiger partial charge in [0.1, 0.15) is 5.69 Å². The van der Waals surface area contributed by atoms with Crippen LogP contribution in [0.2, 0.25) is 5.02 Å². The van der Waals surface area contributed by atoms with Crippen molar-refractivity contribution in [2.24, 2.45) is 0 Å². The Hall–Kier alpha value is -2.57. The summed E-state index contributed by atoms with van der Waals surface area (Å²) in [4.78, 5) is 13.2. The van der Waals surface area contributed by atoms with Crippen LogP contribution in [0.4, 0.5) is 5.69 Å². The molecule has 0 aliphatic carbocycles. The molecule has 0 unspecified atom stereocenters. The molecule has 0 aliphatic heterocycles. The number of halogens is 1. The fraction of sp³-hybridized carbons (Fsp3) is 0.238. The van der Waals surface area contributed by atoms with E-state index in [2.05, 4.69) is 10.4 Å². The quantitative estimate of drug-likeness (QED) is 0.471. The van der Waals surface area contributed by atoms with Crippen LogP contribution in [0, 0.1) is 13.8 Å². The predicted octanol–water partition coefficient (Wildman–Crippen LogP) is 5.49. The fourth-order valence-corrected chi connectivity index (χ4v) is 4.51. The first-order valence-electron chi connectivity index (χ1n) is 9.15.